The van der Waals surface area contributed by atoms with Gasteiger partial charge in [0.25, 0.3) is 0 Å². The van der Waals surface area contributed by atoms with Gasteiger partial charge in [-0.2, -0.15) is 0 Å². The van der Waals surface area contributed by atoms with Crippen LogP contribution in [0.15, 0.2) is 0 Å². The quantitative estimate of drug-likeness (QED) is 0.318. The molecule has 0 aromatic heterocycles. The van der Waals surface area contributed by atoms with E-state index in [2.05, 4.69) is 43.6 Å². The van der Waals surface area contributed by atoms with Crippen LogP contribution in [0.3, 0.4) is 0 Å². The predicted octanol–water partition coefficient (Wildman–Crippen LogP) is 7.35. The maximum absolute atomic E-state index is 3.83. The SMILES string of the molecule is CCCCCCCCC1(CBr)CCC(C(C)(C)C)CC1. The lowest BCUT2D eigenvalue weighted by atomic mass is 9.63. The molecule has 0 unspecified atom stereocenters. The Balaban J connectivity index is 2.28. The molecule has 1 fully saturated rings. The minimum Gasteiger partial charge on any atom is -0.0922 e. The van der Waals surface area contributed by atoms with Gasteiger partial charge >= 0.3 is 0 Å². The third-order valence-corrected chi connectivity index (χ3v) is 6.80. The molecule has 1 aliphatic carbocycles. The third-order valence-electron chi connectivity index (χ3n) is 5.62. The fourth-order valence-corrected chi connectivity index (χ4v) is 4.67. The van der Waals surface area contributed by atoms with Crippen molar-refractivity contribution in [2.45, 2.75) is 98.3 Å². The lowest BCUT2D eigenvalue weighted by Crippen LogP contribution is -2.33. The number of rotatable bonds is 8. The fraction of sp³-hybridized carbons (Fsp3) is 1.00. The van der Waals surface area contributed by atoms with Crippen molar-refractivity contribution in [1.29, 1.82) is 0 Å². The summed E-state index contributed by atoms with van der Waals surface area (Å²) in [5.74, 6) is 0.944. The second-order valence-corrected chi connectivity index (χ2v) is 8.85. The summed E-state index contributed by atoms with van der Waals surface area (Å²) in [7, 11) is 0. The van der Waals surface area contributed by atoms with Crippen LogP contribution in [0, 0.1) is 16.7 Å². The Morgan fingerprint density at radius 3 is 2.00 bits per heavy atom. The molecule has 1 saturated carbocycles. The molecule has 0 bridgehead atoms. The summed E-state index contributed by atoms with van der Waals surface area (Å²) in [5.41, 5.74) is 1.14. The van der Waals surface area contributed by atoms with E-state index >= 15 is 0 Å². The van der Waals surface area contributed by atoms with E-state index in [-0.39, 0.29) is 0 Å². The average molecular weight is 345 g/mol. The Kier molecular flexibility index (Phi) is 8.16. The third kappa shape index (κ3) is 6.08. The number of hydrogen-bond donors (Lipinski definition) is 0. The highest BCUT2D eigenvalue weighted by Crippen LogP contribution is 2.48. The molecule has 0 radical (unpaired) electrons. The van der Waals surface area contributed by atoms with E-state index in [1.807, 2.05) is 0 Å². The number of alkyl halides is 1. The Labute approximate surface area is 136 Å². The first-order valence-electron chi connectivity index (χ1n) is 8.99. The zero-order chi connectivity index (χ0) is 15.1. The van der Waals surface area contributed by atoms with Crippen molar-refractivity contribution < 1.29 is 0 Å². The van der Waals surface area contributed by atoms with Crippen molar-refractivity contribution in [1.82, 2.24) is 0 Å². The van der Waals surface area contributed by atoms with Crippen LogP contribution in [0.1, 0.15) is 98.3 Å². The van der Waals surface area contributed by atoms with Crippen molar-refractivity contribution >= 4 is 15.9 Å². The van der Waals surface area contributed by atoms with Gasteiger partial charge in [-0.3, -0.25) is 0 Å². The summed E-state index contributed by atoms with van der Waals surface area (Å²) in [4.78, 5) is 0. The van der Waals surface area contributed by atoms with E-state index in [0.29, 0.717) is 10.8 Å². The molecule has 0 nitrogen and oxygen atoms in total. The number of halogens is 1. The van der Waals surface area contributed by atoms with Gasteiger partial charge in [0.2, 0.25) is 0 Å². The van der Waals surface area contributed by atoms with E-state index in [9.17, 15) is 0 Å². The number of unbranched alkanes of at least 4 members (excludes halogenated alkanes) is 5. The van der Waals surface area contributed by atoms with Crippen LogP contribution < -0.4 is 0 Å². The van der Waals surface area contributed by atoms with Crippen molar-refractivity contribution in [3.63, 3.8) is 0 Å². The monoisotopic (exact) mass is 344 g/mol. The molecule has 0 atom stereocenters. The van der Waals surface area contributed by atoms with Gasteiger partial charge in [0.05, 0.1) is 0 Å². The van der Waals surface area contributed by atoms with Crippen LogP contribution in [0.4, 0.5) is 0 Å². The van der Waals surface area contributed by atoms with Gasteiger partial charge < -0.3 is 0 Å². The molecular weight excluding hydrogens is 308 g/mol. The average Bonchev–Trinajstić information content (AvgIpc) is 2.42. The molecule has 0 N–H and O–H groups in total. The molecular formula is C19H37Br. The van der Waals surface area contributed by atoms with Crippen LogP contribution in [-0.4, -0.2) is 5.33 Å². The molecule has 1 heteroatoms. The Hall–Kier alpha value is 0.480. The van der Waals surface area contributed by atoms with Gasteiger partial charge in [-0.25, -0.2) is 0 Å². The van der Waals surface area contributed by atoms with E-state index in [4.69, 9.17) is 0 Å². The molecule has 0 aromatic carbocycles. The van der Waals surface area contributed by atoms with Gasteiger partial charge in [0.15, 0.2) is 0 Å². The van der Waals surface area contributed by atoms with Crippen LogP contribution in [0.2, 0.25) is 0 Å². The lowest BCUT2D eigenvalue weighted by molar-refractivity contribution is 0.0953. The maximum Gasteiger partial charge on any atom is 0.00879 e. The zero-order valence-corrected chi connectivity index (χ0v) is 16.0. The zero-order valence-electron chi connectivity index (χ0n) is 14.4. The topological polar surface area (TPSA) is 0 Å². The second kappa shape index (κ2) is 8.81. The predicted molar refractivity (Wildman–Crippen MR) is 95.6 cm³/mol. The Morgan fingerprint density at radius 1 is 0.950 bits per heavy atom. The summed E-state index contributed by atoms with van der Waals surface area (Å²) in [6.07, 6.45) is 15.9. The summed E-state index contributed by atoms with van der Waals surface area (Å²) < 4.78 is 0. The molecule has 0 spiro atoms. The minimum absolute atomic E-state index is 0.513. The van der Waals surface area contributed by atoms with E-state index in [0.717, 1.165) is 5.92 Å². The first kappa shape index (κ1) is 18.5. The number of hydrogen-bond acceptors (Lipinski definition) is 0. The minimum atomic E-state index is 0.513. The second-order valence-electron chi connectivity index (χ2n) is 8.29. The van der Waals surface area contributed by atoms with E-state index in [1.165, 1.54) is 76.0 Å². The van der Waals surface area contributed by atoms with Crippen molar-refractivity contribution in [2.75, 3.05) is 5.33 Å². The summed E-state index contributed by atoms with van der Waals surface area (Å²) in [6.45, 7) is 9.57. The molecule has 20 heavy (non-hydrogen) atoms. The first-order chi connectivity index (χ1) is 9.43. The lowest BCUT2D eigenvalue weighted by Gasteiger charge is -2.43. The summed E-state index contributed by atoms with van der Waals surface area (Å²) in [6, 6.07) is 0. The molecule has 120 valence electrons. The van der Waals surface area contributed by atoms with Gasteiger partial charge in [-0.15, -0.1) is 0 Å². The normalized spacial score (nSPS) is 27.8. The van der Waals surface area contributed by atoms with Gasteiger partial charge in [0, 0.05) is 5.33 Å². The van der Waals surface area contributed by atoms with E-state index in [1.54, 1.807) is 0 Å². The Bertz CT molecular complexity index is 243. The fourth-order valence-electron chi connectivity index (χ4n) is 3.83. The van der Waals surface area contributed by atoms with Gasteiger partial charge in [-0.05, 0) is 48.9 Å². The Morgan fingerprint density at radius 2 is 1.50 bits per heavy atom. The summed E-state index contributed by atoms with van der Waals surface area (Å²) >= 11 is 3.83. The highest BCUT2D eigenvalue weighted by atomic mass is 79.9. The largest absolute Gasteiger partial charge is 0.0922 e. The first-order valence-corrected chi connectivity index (χ1v) is 10.1. The highest BCUT2D eigenvalue weighted by molar-refractivity contribution is 9.09. The molecule has 1 aliphatic rings. The molecule has 0 amide bonds. The van der Waals surface area contributed by atoms with Crippen LogP contribution in [-0.2, 0) is 0 Å². The summed E-state index contributed by atoms with van der Waals surface area (Å²) in [5, 5.41) is 1.23. The van der Waals surface area contributed by atoms with Gasteiger partial charge in [0.1, 0.15) is 0 Å². The molecule has 0 saturated heterocycles. The maximum atomic E-state index is 3.83. The van der Waals surface area contributed by atoms with Crippen molar-refractivity contribution in [3.8, 4) is 0 Å². The van der Waals surface area contributed by atoms with Crippen LogP contribution in [0.25, 0.3) is 0 Å². The van der Waals surface area contributed by atoms with E-state index < -0.39 is 0 Å². The van der Waals surface area contributed by atoms with Crippen molar-refractivity contribution in [2.24, 2.45) is 16.7 Å². The highest BCUT2D eigenvalue weighted by Gasteiger charge is 2.37. The molecule has 0 heterocycles. The van der Waals surface area contributed by atoms with Crippen LogP contribution >= 0.6 is 15.9 Å². The van der Waals surface area contributed by atoms with Crippen LogP contribution in [0.5, 0.6) is 0 Å². The molecule has 0 aromatic rings. The van der Waals surface area contributed by atoms with Crippen molar-refractivity contribution in [3.05, 3.63) is 0 Å². The van der Waals surface area contributed by atoms with Gasteiger partial charge in [-0.1, -0.05) is 82.1 Å². The standard InChI is InChI=1S/C19H37Br/c1-5-6-7-8-9-10-13-19(16-20)14-11-17(12-15-19)18(2,3)4/h17H,5-16H2,1-4H3. The molecule has 0 aliphatic heterocycles. The smallest absolute Gasteiger partial charge is 0.00879 e. The molecule has 1 rings (SSSR count).